The van der Waals surface area contributed by atoms with Gasteiger partial charge in [0.2, 0.25) is 0 Å². The van der Waals surface area contributed by atoms with Crippen LogP contribution in [0, 0.1) is 0 Å². The van der Waals surface area contributed by atoms with E-state index in [1.54, 1.807) is 0 Å². The Kier molecular flexibility index (Phi) is 5.81. The molecule has 11 heavy (non-hydrogen) atoms. The third kappa shape index (κ3) is 5.84. The van der Waals surface area contributed by atoms with E-state index in [0.29, 0.717) is 6.04 Å². The molecule has 0 N–H and O–H groups in total. The topological polar surface area (TPSA) is 12.4 Å². The van der Waals surface area contributed by atoms with Gasteiger partial charge >= 0.3 is 0 Å². The molecule has 0 aromatic rings. The van der Waals surface area contributed by atoms with Crippen molar-refractivity contribution in [3.63, 3.8) is 0 Å². The molecule has 0 rings (SSSR count). The van der Waals surface area contributed by atoms with Crippen LogP contribution in [0.1, 0.15) is 40.5 Å². The second kappa shape index (κ2) is 6.14. The minimum absolute atomic E-state index is 0.424. The highest BCUT2D eigenvalue weighted by atomic mass is 14.8. The van der Waals surface area contributed by atoms with E-state index >= 15 is 0 Å². The molecule has 0 aliphatic carbocycles. The first kappa shape index (κ1) is 10.4. The van der Waals surface area contributed by atoms with Crippen molar-refractivity contribution < 1.29 is 0 Å². The van der Waals surface area contributed by atoms with Crippen LogP contribution in [0.3, 0.4) is 0 Å². The number of aliphatic imine (C=N–C) groups is 1. The van der Waals surface area contributed by atoms with Crippen LogP contribution in [0.2, 0.25) is 0 Å². The zero-order valence-corrected chi connectivity index (χ0v) is 8.09. The lowest BCUT2D eigenvalue weighted by atomic mass is 10.2. The van der Waals surface area contributed by atoms with Crippen molar-refractivity contribution in [2.24, 2.45) is 4.99 Å². The molecule has 0 fully saturated rings. The highest BCUT2D eigenvalue weighted by Gasteiger charge is 1.93. The molecule has 0 unspecified atom stereocenters. The molecule has 0 spiro atoms. The first-order valence-corrected chi connectivity index (χ1v) is 4.40. The molecule has 0 aliphatic rings. The van der Waals surface area contributed by atoms with Gasteiger partial charge in [0.15, 0.2) is 0 Å². The Hall–Kier alpha value is -0.590. The number of nitrogens with zero attached hydrogens (tertiary/aromatic N) is 1. The molecular formula is C10H19N. The lowest BCUT2D eigenvalue weighted by Gasteiger charge is -2.01. The van der Waals surface area contributed by atoms with Crippen LogP contribution >= 0.6 is 0 Å². The van der Waals surface area contributed by atoms with Gasteiger partial charge in [-0.1, -0.05) is 19.4 Å². The van der Waals surface area contributed by atoms with E-state index in [9.17, 15) is 0 Å². The van der Waals surface area contributed by atoms with Gasteiger partial charge in [-0.05, 0) is 33.3 Å². The summed E-state index contributed by atoms with van der Waals surface area (Å²) in [6.07, 6.45) is 6.43. The molecule has 1 heteroatoms. The van der Waals surface area contributed by atoms with Gasteiger partial charge in [-0.2, -0.15) is 0 Å². The van der Waals surface area contributed by atoms with E-state index in [1.165, 1.54) is 12.1 Å². The highest BCUT2D eigenvalue weighted by molar-refractivity contribution is 5.94. The predicted molar refractivity (Wildman–Crippen MR) is 52.3 cm³/mol. The maximum Gasteiger partial charge on any atom is 0.0446 e. The summed E-state index contributed by atoms with van der Waals surface area (Å²) >= 11 is 0. The maximum absolute atomic E-state index is 4.49. The van der Waals surface area contributed by atoms with Crippen LogP contribution in [0.4, 0.5) is 0 Å². The van der Waals surface area contributed by atoms with Crippen LogP contribution in [-0.2, 0) is 0 Å². The van der Waals surface area contributed by atoms with Crippen LogP contribution in [0.25, 0.3) is 0 Å². The molecule has 0 atom stereocenters. The molecule has 0 saturated heterocycles. The van der Waals surface area contributed by atoms with Crippen molar-refractivity contribution >= 4 is 5.71 Å². The quantitative estimate of drug-likeness (QED) is 0.550. The van der Waals surface area contributed by atoms with Crippen molar-refractivity contribution in [2.75, 3.05) is 0 Å². The Morgan fingerprint density at radius 2 is 2.09 bits per heavy atom. The molecule has 0 saturated carbocycles. The van der Waals surface area contributed by atoms with E-state index in [-0.39, 0.29) is 0 Å². The van der Waals surface area contributed by atoms with E-state index in [2.05, 4.69) is 37.9 Å². The summed E-state index contributed by atoms with van der Waals surface area (Å²) in [7, 11) is 0. The number of rotatable bonds is 4. The minimum Gasteiger partial charge on any atom is -0.287 e. The van der Waals surface area contributed by atoms with E-state index in [1.807, 2.05) is 6.92 Å². The van der Waals surface area contributed by atoms with Crippen LogP contribution in [-0.4, -0.2) is 11.8 Å². The van der Waals surface area contributed by atoms with Gasteiger partial charge in [-0.3, -0.25) is 4.99 Å². The van der Waals surface area contributed by atoms with Crippen molar-refractivity contribution in [2.45, 2.75) is 46.6 Å². The molecule has 64 valence electrons. The average molecular weight is 153 g/mol. The predicted octanol–water partition coefficient (Wildman–Crippen LogP) is 3.21. The third-order valence-electron chi connectivity index (χ3n) is 1.29. The molecule has 0 amide bonds. The first-order valence-electron chi connectivity index (χ1n) is 4.40. The molecule has 0 aromatic heterocycles. The molecule has 0 aromatic carbocycles. The second-order valence-corrected chi connectivity index (χ2v) is 2.96. The van der Waals surface area contributed by atoms with Gasteiger partial charge in [0.1, 0.15) is 0 Å². The normalized spacial score (nSPS) is 13.4. The van der Waals surface area contributed by atoms with Gasteiger partial charge < -0.3 is 0 Å². The average Bonchev–Trinajstić information content (AvgIpc) is 1.87. The smallest absolute Gasteiger partial charge is 0.0446 e. The summed E-state index contributed by atoms with van der Waals surface area (Å²) in [5.74, 6) is 0. The third-order valence-corrected chi connectivity index (χ3v) is 1.29. The number of hydrogen-bond acceptors (Lipinski definition) is 1. The Balaban J connectivity index is 4.08. The number of hydrogen-bond donors (Lipinski definition) is 0. The summed E-state index contributed by atoms with van der Waals surface area (Å²) in [6.45, 7) is 8.43. The molecule has 1 nitrogen and oxygen atoms in total. The van der Waals surface area contributed by atoms with E-state index in [4.69, 9.17) is 0 Å². The molecular weight excluding hydrogens is 134 g/mol. The Morgan fingerprint density at radius 3 is 2.45 bits per heavy atom. The fraction of sp³-hybridized carbons (Fsp3) is 0.700. The van der Waals surface area contributed by atoms with E-state index < -0.39 is 0 Å². The lowest BCUT2D eigenvalue weighted by molar-refractivity contribution is 0.826. The van der Waals surface area contributed by atoms with E-state index in [0.717, 1.165) is 6.42 Å². The fourth-order valence-electron chi connectivity index (χ4n) is 0.971. The summed E-state index contributed by atoms with van der Waals surface area (Å²) < 4.78 is 0. The van der Waals surface area contributed by atoms with Gasteiger partial charge in [-0.15, -0.1) is 0 Å². The van der Waals surface area contributed by atoms with Crippen molar-refractivity contribution in [1.29, 1.82) is 0 Å². The Bertz CT molecular complexity index is 143. The van der Waals surface area contributed by atoms with Crippen LogP contribution in [0.15, 0.2) is 17.1 Å². The number of allylic oxidation sites excluding steroid dienone is 2. The molecule has 0 radical (unpaired) electrons. The molecule has 0 aliphatic heterocycles. The Morgan fingerprint density at radius 1 is 1.45 bits per heavy atom. The maximum atomic E-state index is 4.49. The second-order valence-electron chi connectivity index (χ2n) is 2.96. The summed E-state index contributed by atoms with van der Waals surface area (Å²) in [4.78, 5) is 4.49. The Labute approximate surface area is 70.2 Å². The minimum atomic E-state index is 0.424. The standard InChI is InChI=1S/C10H19N/c1-5-7-10(8-6-2)11-9(3)4/h5,7,9H,6,8H2,1-4H3/b7-5-,11-10?. The van der Waals surface area contributed by atoms with Gasteiger partial charge in [0.05, 0.1) is 0 Å². The van der Waals surface area contributed by atoms with Crippen molar-refractivity contribution in [3.8, 4) is 0 Å². The van der Waals surface area contributed by atoms with Crippen molar-refractivity contribution in [3.05, 3.63) is 12.2 Å². The zero-order valence-electron chi connectivity index (χ0n) is 8.09. The monoisotopic (exact) mass is 153 g/mol. The first-order chi connectivity index (χ1) is 5.20. The van der Waals surface area contributed by atoms with Gasteiger partial charge in [0, 0.05) is 11.8 Å². The van der Waals surface area contributed by atoms with Gasteiger partial charge in [-0.25, -0.2) is 0 Å². The van der Waals surface area contributed by atoms with Gasteiger partial charge in [0.25, 0.3) is 0 Å². The highest BCUT2D eigenvalue weighted by Crippen LogP contribution is 1.98. The molecule has 0 heterocycles. The van der Waals surface area contributed by atoms with Crippen molar-refractivity contribution in [1.82, 2.24) is 0 Å². The zero-order chi connectivity index (χ0) is 8.69. The molecule has 0 bridgehead atoms. The van der Waals surface area contributed by atoms with Crippen LogP contribution in [0.5, 0.6) is 0 Å². The largest absolute Gasteiger partial charge is 0.287 e. The SMILES string of the molecule is C/C=C\C(CCC)=NC(C)C. The fourth-order valence-corrected chi connectivity index (χ4v) is 0.971. The lowest BCUT2D eigenvalue weighted by Crippen LogP contribution is -1.98. The summed E-state index contributed by atoms with van der Waals surface area (Å²) in [5.41, 5.74) is 1.23. The summed E-state index contributed by atoms with van der Waals surface area (Å²) in [6, 6.07) is 0.424. The van der Waals surface area contributed by atoms with Crippen LogP contribution < -0.4 is 0 Å². The summed E-state index contributed by atoms with van der Waals surface area (Å²) in [5, 5.41) is 0.